The third-order valence-electron chi connectivity index (χ3n) is 2.92. The van der Waals surface area contributed by atoms with Gasteiger partial charge in [0.2, 0.25) is 0 Å². The topological polar surface area (TPSA) is 86.5 Å². The fourth-order valence-electron chi connectivity index (χ4n) is 1.60. The van der Waals surface area contributed by atoms with E-state index in [2.05, 4.69) is 0 Å². The average molecular weight is 299 g/mol. The second-order valence-corrected chi connectivity index (χ2v) is 7.32. The maximum Gasteiger partial charge on any atom is 0.252 e. The molecule has 1 amide bonds. The first-order valence-corrected chi connectivity index (χ1v) is 8.15. The van der Waals surface area contributed by atoms with Crippen molar-refractivity contribution < 1.29 is 17.9 Å². The van der Waals surface area contributed by atoms with E-state index in [9.17, 15) is 13.2 Å². The zero-order valence-corrected chi connectivity index (χ0v) is 12.9. The zero-order chi connectivity index (χ0) is 15.3. The summed E-state index contributed by atoms with van der Waals surface area (Å²) in [4.78, 5) is 11.5. The van der Waals surface area contributed by atoms with E-state index in [-0.39, 0.29) is 10.5 Å². The van der Waals surface area contributed by atoms with E-state index < -0.39 is 21.0 Å². The van der Waals surface area contributed by atoms with Crippen LogP contribution >= 0.6 is 0 Å². The number of hydrogen-bond acceptors (Lipinski definition) is 4. The fraction of sp³-hybridized carbons (Fsp3) is 0.500. The molecular weight excluding hydrogens is 278 g/mol. The van der Waals surface area contributed by atoms with Crippen LogP contribution in [-0.2, 0) is 9.84 Å². The quantitative estimate of drug-likeness (QED) is 0.781. The van der Waals surface area contributed by atoms with Crippen LogP contribution in [0.4, 0.5) is 0 Å². The molecule has 0 aromatic heterocycles. The molecule has 0 heterocycles. The van der Waals surface area contributed by atoms with Crippen molar-refractivity contribution in [2.75, 3.05) is 6.61 Å². The van der Waals surface area contributed by atoms with Gasteiger partial charge in [-0.2, -0.15) is 0 Å². The first-order chi connectivity index (χ1) is 9.30. The molecule has 0 bridgehead atoms. The highest BCUT2D eigenvalue weighted by molar-refractivity contribution is 7.92. The summed E-state index contributed by atoms with van der Waals surface area (Å²) in [7, 11) is -3.44. The van der Waals surface area contributed by atoms with Gasteiger partial charge in [-0.1, -0.05) is 13.3 Å². The van der Waals surface area contributed by atoms with E-state index in [1.165, 1.54) is 18.2 Å². The Morgan fingerprint density at radius 1 is 1.35 bits per heavy atom. The molecule has 20 heavy (non-hydrogen) atoms. The summed E-state index contributed by atoms with van der Waals surface area (Å²) in [5, 5.41) is -0.560. The van der Waals surface area contributed by atoms with Gasteiger partial charge in [0.15, 0.2) is 9.84 Å². The molecule has 0 aliphatic heterocycles. The first kappa shape index (κ1) is 16.5. The van der Waals surface area contributed by atoms with Crippen LogP contribution in [0.3, 0.4) is 0 Å². The smallest absolute Gasteiger partial charge is 0.252 e. The minimum Gasteiger partial charge on any atom is -0.493 e. The molecule has 0 saturated carbocycles. The molecule has 1 aromatic rings. The van der Waals surface area contributed by atoms with E-state index in [1.54, 1.807) is 13.8 Å². The molecule has 0 spiro atoms. The summed E-state index contributed by atoms with van der Waals surface area (Å²) < 4.78 is 29.6. The molecule has 0 fully saturated rings. The average Bonchev–Trinajstić information content (AvgIpc) is 2.38. The predicted molar refractivity (Wildman–Crippen MR) is 77.7 cm³/mol. The second kappa shape index (κ2) is 6.74. The van der Waals surface area contributed by atoms with Gasteiger partial charge in [0.25, 0.3) is 5.91 Å². The lowest BCUT2D eigenvalue weighted by Gasteiger charge is -2.12. The summed E-state index contributed by atoms with van der Waals surface area (Å²) in [5.74, 6) is -0.369. The van der Waals surface area contributed by atoms with Crippen molar-refractivity contribution in [2.45, 2.75) is 43.8 Å². The standard InChI is InChI=1S/C14H21NO4S/c1-4-5-8-19-13-7-6-11(9-12(13)14(15)16)20(17,18)10(2)3/h6-7,9-10H,4-5,8H2,1-3H3,(H2,15,16). The number of nitrogens with two attached hydrogens (primary N) is 1. The molecule has 112 valence electrons. The number of carbonyl (C=O) groups excluding carboxylic acids is 1. The molecule has 5 nitrogen and oxygen atoms in total. The molecule has 0 unspecified atom stereocenters. The maximum absolute atomic E-state index is 12.1. The Morgan fingerprint density at radius 2 is 2.00 bits per heavy atom. The normalized spacial score (nSPS) is 11.6. The van der Waals surface area contributed by atoms with Crippen molar-refractivity contribution >= 4 is 15.7 Å². The monoisotopic (exact) mass is 299 g/mol. The first-order valence-electron chi connectivity index (χ1n) is 6.61. The van der Waals surface area contributed by atoms with Crippen LogP contribution in [-0.4, -0.2) is 26.2 Å². The van der Waals surface area contributed by atoms with Gasteiger partial charge >= 0.3 is 0 Å². The van der Waals surface area contributed by atoms with Crippen molar-refractivity contribution in [3.05, 3.63) is 23.8 Å². The molecule has 6 heteroatoms. The van der Waals surface area contributed by atoms with Crippen molar-refractivity contribution in [2.24, 2.45) is 5.73 Å². The molecule has 0 saturated heterocycles. The van der Waals surface area contributed by atoms with Crippen LogP contribution in [0.25, 0.3) is 0 Å². The maximum atomic E-state index is 12.1. The minimum absolute atomic E-state index is 0.0872. The van der Waals surface area contributed by atoms with Crippen LogP contribution < -0.4 is 10.5 Å². The lowest BCUT2D eigenvalue weighted by atomic mass is 10.2. The van der Waals surface area contributed by atoms with Crippen LogP contribution in [0.1, 0.15) is 44.0 Å². The molecular formula is C14H21NO4S. The van der Waals surface area contributed by atoms with Gasteiger partial charge in [-0.25, -0.2) is 8.42 Å². The van der Waals surface area contributed by atoms with Gasteiger partial charge in [0.1, 0.15) is 5.75 Å². The fourth-order valence-corrected chi connectivity index (χ4v) is 2.69. The summed E-state index contributed by atoms with van der Waals surface area (Å²) in [6.07, 6.45) is 1.82. The second-order valence-electron chi connectivity index (χ2n) is 4.82. The van der Waals surface area contributed by atoms with Crippen LogP contribution in [0.15, 0.2) is 23.1 Å². The van der Waals surface area contributed by atoms with E-state index in [0.717, 1.165) is 12.8 Å². The number of carbonyl (C=O) groups is 1. The Hall–Kier alpha value is -1.56. The predicted octanol–water partition coefficient (Wildman–Crippen LogP) is 2.15. The Labute approximate surface area is 120 Å². The lowest BCUT2D eigenvalue weighted by Crippen LogP contribution is -2.17. The third-order valence-corrected chi connectivity index (χ3v) is 5.07. The van der Waals surface area contributed by atoms with Gasteiger partial charge < -0.3 is 10.5 Å². The number of benzene rings is 1. The number of sulfone groups is 1. The van der Waals surface area contributed by atoms with E-state index in [4.69, 9.17) is 10.5 Å². The molecule has 0 aliphatic rings. The molecule has 1 aromatic carbocycles. The molecule has 0 radical (unpaired) electrons. The zero-order valence-electron chi connectivity index (χ0n) is 12.0. The van der Waals surface area contributed by atoms with Gasteiger partial charge in [-0.3, -0.25) is 4.79 Å². The van der Waals surface area contributed by atoms with Crippen LogP contribution in [0, 0.1) is 0 Å². The van der Waals surface area contributed by atoms with E-state index in [1.807, 2.05) is 6.92 Å². The van der Waals surface area contributed by atoms with Crippen molar-refractivity contribution in [3.8, 4) is 5.75 Å². The number of unbranched alkanes of at least 4 members (excludes halogenated alkanes) is 1. The van der Waals surface area contributed by atoms with Crippen molar-refractivity contribution in [1.29, 1.82) is 0 Å². The van der Waals surface area contributed by atoms with Crippen LogP contribution in [0.2, 0.25) is 0 Å². The number of hydrogen-bond donors (Lipinski definition) is 1. The number of ether oxygens (including phenoxy) is 1. The van der Waals surface area contributed by atoms with E-state index >= 15 is 0 Å². The SMILES string of the molecule is CCCCOc1ccc(S(=O)(=O)C(C)C)cc1C(N)=O. The Kier molecular flexibility index (Phi) is 5.56. The third kappa shape index (κ3) is 3.72. The summed E-state index contributed by atoms with van der Waals surface area (Å²) >= 11 is 0. The number of rotatable bonds is 7. The molecule has 1 rings (SSSR count). The molecule has 0 atom stereocenters. The van der Waals surface area contributed by atoms with Crippen LogP contribution in [0.5, 0.6) is 5.75 Å². The van der Waals surface area contributed by atoms with Crippen molar-refractivity contribution in [3.63, 3.8) is 0 Å². The number of amides is 1. The Morgan fingerprint density at radius 3 is 2.50 bits per heavy atom. The highest BCUT2D eigenvalue weighted by atomic mass is 32.2. The highest BCUT2D eigenvalue weighted by Crippen LogP contribution is 2.25. The Bertz CT molecular complexity index is 579. The Balaban J connectivity index is 3.17. The molecule has 0 aliphatic carbocycles. The minimum atomic E-state index is -3.44. The number of primary amides is 1. The summed E-state index contributed by atoms with van der Waals surface area (Å²) in [6.45, 7) is 5.67. The van der Waals surface area contributed by atoms with Gasteiger partial charge in [-0.05, 0) is 38.5 Å². The molecule has 2 N–H and O–H groups in total. The lowest BCUT2D eigenvalue weighted by molar-refractivity contribution is 0.0996. The largest absolute Gasteiger partial charge is 0.493 e. The van der Waals surface area contributed by atoms with Crippen molar-refractivity contribution in [1.82, 2.24) is 0 Å². The summed E-state index contributed by atoms with van der Waals surface area (Å²) in [6, 6.07) is 4.23. The van der Waals surface area contributed by atoms with E-state index in [0.29, 0.717) is 12.4 Å². The summed E-state index contributed by atoms with van der Waals surface area (Å²) in [5.41, 5.74) is 5.39. The van der Waals surface area contributed by atoms with Gasteiger partial charge in [0, 0.05) is 0 Å². The highest BCUT2D eigenvalue weighted by Gasteiger charge is 2.22. The van der Waals surface area contributed by atoms with Gasteiger partial charge in [0.05, 0.1) is 22.3 Å². The van der Waals surface area contributed by atoms with Gasteiger partial charge in [-0.15, -0.1) is 0 Å².